The van der Waals surface area contributed by atoms with E-state index >= 15 is 0 Å². The van der Waals surface area contributed by atoms with E-state index < -0.39 is 11.8 Å². The summed E-state index contributed by atoms with van der Waals surface area (Å²) < 4.78 is 33.5. The van der Waals surface area contributed by atoms with Crippen LogP contribution in [0.15, 0.2) is 58.5 Å². The van der Waals surface area contributed by atoms with Crippen LogP contribution in [0.25, 0.3) is 0 Å². The molecule has 26 nitrogen and oxygen atoms in total. The lowest BCUT2D eigenvalue weighted by Crippen LogP contribution is -2.38. The number of nitrogen functional groups attached to an aromatic ring is 4. The molecule has 4 aromatic rings. The third kappa shape index (κ3) is 22.2. The minimum Gasteiger partial charge on any atom is -0.491 e. The van der Waals surface area contributed by atoms with Crippen LogP contribution in [0.2, 0.25) is 10.3 Å². The highest BCUT2D eigenvalue weighted by Crippen LogP contribution is 2.19. The van der Waals surface area contributed by atoms with Crippen molar-refractivity contribution in [2.24, 2.45) is 21.5 Å². The first kappa shape index (κ1) is 57.2. The maximum atomic E-state index is 12.4. The fourth-order valence-corrected chi connectivity index (χ4v) is 6.03. The largest absolute Gasteiger partial charge is 0.491 e. The van der Waals surface area contributed by atoms with Gasteiger partial charge in [0, 0.05) is 39.0 Å². The highest BCUT2D eigenvalue weighted by atomic mass is 35.5. The molecule has 0 aliphatic rings. The SMILES string of the molecule is NC(=NCCc1ccc(OCCOCCOCCNC(=O)CCC(=O)NCCOCCOCCOc2ccc(CCN=C(N)NC(=O)c3nc(Cl)c(N)nc3N)cc2)cc1)NC(=O)c1nc(Cl)c(N)nc1N. The second kappa shape index (κ2) is 31.8. The van der Waals surface area contributed by atoms with Crippen LogP contribution < -0.4 is 65.1 Å². The van der Waals surface area contributed by atoms with Crippen LogP contribution in [0.4, 0.5) is 23.3 Å². The molecule has 2 heterocycles. The van der Waals surface area contributed by atoms with E-state index in [1.54, 1.807) is 0 Å². The van der Waals surface area contributed by atoms with E-state index in [4.69, 9.17) is 86.0 Å². The number of aliphatic imine (C=N–C) groups is 2. The van der Waals surface area contributed by atoms with Crippen LogP contribution >= 0.6 is 23.2 Å². The summed E-state index contributed by atoms with van der Waals surface area (Å²) in [6, 6.07) is 14.9. The molecule has 0 fully saturated rings. The fraction of sp³-hybridized carbons (Fsp3) is 0.409. The van der Waals surface area contributed by atoms with Crippen molar-refractivity contribution in [2.75, 3.05) is 115 Å². The van der Waals surface area contributed by atoms with Gasteiger partial charge in [-0.25, -0.2) is 19.9 Å². The Morgan fingerprint density at radius 1 is 0.486 bits per heavy atom. The zero-order chi connectivity index (χ0) is 52.1. The minimum atomic E-state index is -0.715. The van der Waals surface area contributed by atoms with Crippen LogP contribution in [0.1, 0.15) is 44.9 Å². The molecule has 2 aromatic carbocycles. The van der Waals surface area contributed by atoms with Gasteiger partial charge in [-0.05, 0) is 48.2 Å². The number of aromatic nitrogens is 4. The Morgan fingerprint density at radius 3 is 1.21 bits per heavy atom. The topological polar surface area (TPSA) is 404 Å². The molecular formula is C44H60Cl2N16O10. The second-order valence-corrected chi connectivity index (χ2v) is 15.6. The molecule has 0 unspecified atom stereocenters. The van der Waals surface area contributed by atoms with Gasteiger partial charge in [-0.2, -0.15) is 0 Å². The second-order valence-electron chi connectivity index (χ2n) is 14.8. The molecule has 4 rings (SSSR count). The summed E-state index contributed by atoms with van der Waals surface area (Å²) in [5.74, 6) is -1.40. The van der Waals surface area contributed by atoms with E-state index in [0.29, 0.717) is 117 Å². The van der Waals surface area contributed by atoms with Crippen molar-refractivity contribution in [3.8, 4) is 11.5 Å². The summed E-state index contributed by atoms with van der Waals surface area (Å²) in [7, 11) is 0. The maximum Gasteiger partial charge on any atom is 0.280 e. The van der Waals surface area contributed by atoms with Crippen molar-refractivity contribution >= 4 is 82.0 Å². The lowest BCUT2D eigenvalue weighted by Gasteiger charge is -2.10. The van der Waals surface area contributed by atoms with Crippen molar-refractivity contribution in [1.29, 1.82) is 0 Å². The Labute approximate surface area is 424 Å². The predicted molar refractivity (Wildman–Crippen MR) is 269 cm³/mol. The van der Waals surface area contributed by atoms with Gasteiger partial charge in [0.1, 0.15) is 24.7 Å². The number of benzene rings is 2. The summed E-state index contributed by atoms with van der Waals surface area (Å²) in [4.78, 5) is 72.4. The number of hydrogen-bond acceptors (Lipinski definition) is 20. The Hall–Kier alpha value is -7.36. The Balaban J connectivity index is 0.889. The minimum absolute atomic E-state index is 0.0456. The maximum absolute atomic E-state index is 12.4. The molecule has 2 aromatic heterocycles. The molecule has 0 atom stereocenters. The molecule has 0 saturated carbocycles. The molecule has 28 heteroatoms. The summed E-state index contributed by atoms with van der Waals surface area (Å²) in [6.07, 6.45) is 1.20. The Kier molecular flexibility index (Phi) is 25.3. The van der Waals surface area contributed by atoms with Crippen molar-refractivity contribution in [3.05, 3.63) is 81.4 Å². The smallest absolute Gasteiger partial charge is 0.280 e. The van der Waals surface area contributed by atoms with Gasteiger partial charge < -0.3 is 73.5 Å². The summed E-state index contributed by atoms with van der Waals surface area (Å²) in [5.41, 5.74) is 35.6. The number of guanidine groups is 2. The number of halogens is 2. The van der Waals surface area contributed by atoms with E-state index in [2.05, 4.69) is 51.2 Å². The fourth-order valence-electron chi connectivity index (χ4n) is 5.77. The average molecular weight is 1040 g/mol. The molecule has 390 valence electrons. The first-order chi connectivity index (χ1) is 34.7. The van der Waals surface area contributed by atoms with Gasteiger partial charge in [0.25, 0.3) is 11.8 Å². The molecule has 16 N–H and O–H groups in total. The lowest BCUT2D eigenvalue weighted by molar-refractivity contribution is -0.126. The van der Waals surface area contributed by atoms with Gasteiger partial charge in [0.2, 0.25) is 11.8 Å². The molecule has 0 saturated heterocycles. The van der Waals surface area contributed by atoms with E-state index in [0.717, 1.165) is 11.1 Å². The molecule has 0 aliphatic carbocycles. The van der Waals surface area contributed by atoms with Crippen LogP contribution in [-0.2, 0) is 41.4 Å². The van der Waals surface area contributed by atoms with Crippen LogP contribution in [0.3, 0.4) is 0 Å². The number of carbonyl (C=O) groups excluding carboxylic acids is 4. The van der Waals surface area contributed by atoms with E-state index in [9.17, 15) is 19.2 Å². The molecule has 0 spiro atoms. The first-order valence-electron chi connectivity index (χ1n) is 22.4. The van der Waals surface area contributed by atoms with Gasteiger partial charge in [0.15, 0.2) is 56.9 Å². The standard InChI is InChI=1S/C44H60Cl2N16O10/c45-35-39(49)59-37(47)33(57-35)41(65)61-43(51)55-13-11-27-1-5-29(6-2-27)71-25-23-69-21-19-67-17-15-53-31(63)9-10-32(64)54-16-18-68-20-22-70-24-26-72-30-7-3-28(4-8-30)12-14-56-44(52)62-42(66)34-38(48)60-40(50)36(46)58-34/h1-8H,9-26H2,(H,53,63)(H,54,64)(H4,47,49,59)(H4,48,50,60)(H3,51,55,61,65)(H3,52,56,62,66). The Bertz CT molecular complexity index is 2270. The van der Waals surface area contributed by atoms with Gasteiger partial charge in [-0.15, -0.1) is 0 Å². The predicted octanol–water partition coefficient (Wildman–Crippen LogP) is 0.0134. The lowest BCUT2D eigenvalue weighted by atomic mass is 10.1. The third-order valence-electron chi connectivity index (χ3n) is 9.39. The van der Waals surface area contributed by atoms with E-state index in [1.807, 2.05) is 48.5 Å². The number of rotatable bonds is 31. The first-order valence-corrected chi connectivity index (χ1v) is 23.1. The van der Waals surface area contributed by atoms with E-state index in [1.165, 1.54) is 0 Å². The number of carbonyl (C=O) groups is 4. The Morgan fingerprint density at radius 2 is 0.833 bits per heavy atom. The van der Waals surface area contributed by atoms with Crippen LogP contribution in [0.5, 0.6) is 11.5 Å². The number of nitrogens with one attached hydrogen (secondary N) is 4. The van der Waals surface area contributed by atoms with Crippen molar-refractivity contribution in [3.63, 3.8) is 0 Å². The van der Waals surface area contributed by atoms with Gasteiger partial charge in [-0.3, -0.25) is 39.8 Å². The van der Waals surface area contributed by atoms with Crippen molar-refractivity contribution in [2.45, 2.75) is 25.7 Å². The molecule has 0 aliphatic heterocycles. The zero-order valence-electron chi connectivity index (χ0n) is 39.3. The number of anilines is 4. The molecule has 0 bridgehead atoms. The normalized spacial score (nSPS) is 11.5. The average Bonchev–Trinajstić information content (AvgIpc) is 3.35. The quantitative estimate of drug-likeness (QED) is 0.0180. The zero-order valence-corrected chi connectivity index (χ0v) is 40.8. The number of nitrogens with two attached hydrogens (primary N) is 6. The number of ether oxygens (including phenoxy) is 6. The van der Waals surface area contributed by atoms with Gasteiger partial charge in [0.05, 0.1) is 52.9 Å². The number of nitrogens with zero attached hydrogens (tertiary/aromatic N) is 6. The molecular weight excluding hydrogens is 983 g/mol. The molecule has 4 amide bonds. The summed E-state index contributed by atoms with van der Waals surface area (Å²) in [6.45, 7) is 4.54. The summed E-state index contributed by atoms with van der Waals surface area (Å²) >= 11 is 11.6. The van der Waals surface area contributed by atoms with Crippen molar-refractivity contribution < 1.29 is 47.6 Å². The van der Waals surface area contributed by atoms with Gasteiger partial charge in [-0.1, -0.05) is 47.5 Å². The third-order valence-corrected chi connectivity index (χ3v) is 9.94. The highest BCUT2D eigenvalue weighted by molar-refractivity contribution is 6.32. The van der Waals surface area contributed by atoms with Crippen LogP contribution in [0, 0.1) is 0 Å². The number of hydrogen-bond donors (Lipinski definition) is 10. The molecule has 0 radical (unpaired) electrons. The van der Waals surface area contributed by atoms with Gasteiger partial charge >= 0.3 is 0 Å². The highest BCUT2D eigenvalue weighted by Gasteiger charge is 2.18. The molecule has 72 heavy (non-hydrogen) atoms. The van der Waals surface area contributed by atoms with E-state index in [-0.39, 0.29) is 81.5 Å². The van der Waals surface area contributed by atoms with Crippen molar-refractivity contribution in [1.82, 2.24) is 41.2 Å². The number of amides is 4. The van der Waals surface area contributed by atoms with Crippen LogP contribution in [-0.4, -0.2) is 148 Å². The summed E-state index contributed by atoms with van der Waals surface area (Å²) in [5, 5.41) is 9.91. The monoisotopic (exact) mass is 1040 g/mol.